The van der Waals surface area contributed by atoms with Crippen molar-refractivity contribution >= 4 is 5.91 Å². The molecule has 0 spiro atoms. The summed E-state index contributed by atoms with van der Waals surface area (Å²) in [6.45, 7) is 9.61. The highest BCUT2D eigenvalue weighted by molar-refractivity contribution is 5.76. The van der Waals surface area contributed by atoms with Crippen LogP contribution >= 0.6 is 0 Å². The molecule has 1 rings (SSSR count). The van der Waals surface area contributed by atoms with E-state index in [0.717, 1.165) is 44.8 Å². The molecule has 1 aliphatic rings. The Balaban J connectivity index is 2.48. The van der Waals surface area contributed by atoms with Gasteiger partial charge in [-0.3, -0.25) is 4.79 Å². The molecule has 3 nitrogen and oxygen atoms in total. The van der Waals surface area contributed by atoms with Crippen molar-refractivity contribution in [2.24, 2.45) is 5.92 Å². The predicted molar refractivity (Wildman–Crippen MR) is 85.8 cm³/mol. The molecule has 2 atom stereocenters. The molecule has 0 bridgehead atoms. The number of nitrogens with one attached hydrogen (secondary N) is 1. The lowest BCUT2D eigenvalue weighted by Crippen LogP contribution is -2.43. The van der Waals surface area contributed by atoms with E-state index < -0.39 is 0 Å². The molecule has 0 saturated carbocycles. The normalized spacial score (nSPS) is 21.9. The lowest BCUT2D eigenvalue weighted by Gasteiger charge is -2.27. The Morgan fingerprint density at radius 3 is 2.65 bits per heavy atom. The topological polar surface area (TPSA) is 32.3 Å². The molecule has 1 heterocycles. The number of hydrogen-bond acceptors (Lipinski definition) is 2. The fourth-order valence-corrected chi connectivity index (χ4v) is 3.20. The first kappa shape index (κ1) is 17.5. The van der Waals surface area contributed by atoms with Crippen LogP contribution in [0.1, 0.15) is 72.1 Å². The van der Waals surface area contributed by atoms with E-state index in [1.165, 1.54) is 32.1 Å². The lowest BCUT2D eigenvalue weighted by molar-refractivity contribution is -0.131. The number of nitrogens with zero attached hydrogens (tertiary/aromatic N) is 1. The van der Waals surface area contributed by atoms with E-state index in [9.17, 15) is 4.79 Å². The summed E-state index contributed by atoms with van der Waals surface area (Å²) in [5.74, 6) is 1.14. The molecule has 0 radical (unpaired) electrons. The number of rotatable bonds is 9. The fraction of sp³-hybridized carbons (Fsp3) is 0.941. The van der Waals surface area contributed by atoms with Crippen molar-refractivity contribution < 1.29 is 4.79 Å². The van der Waals surface area contributed by atoms with Gasteiger partial charge in [0.1, 0.15) is 0 Å². The number of amides is 1. The Morgan fingerprint density at radius 2 is 2.00 bits per heavy atom. The molecule has 3 heteroatoms. The Morgan fingerprint density at radius 1 is 1.20 bits per heavy atom. The molecule has 0 aromatic carbocycles. The maximum absolute atomic E-state index is 12.3. The molecule has 1 aliphatic heterocycles. The van der Waals surface area contributed by atoms with Crippen molar-refractivity contribution in [2.75, 3.05) is 19.6 Å². The number of hydrogen-bond donors (Lipinski definition) is 1. The van der Waals surface area contributed by atoms with E-state index in [4.69, 9.17) is 0 Å². The largest absolute Gasteiger partial charge is 0.341 e. The van der Waals surface area contributed by atoms with Crippen LogP contribution in [0.25, 0.3) is 0 Å². The third kappa shape index (κ3) is 6.25. The minimum atomic E-state index is 0.378. The summed E-state index contributed by atoms with van der Waals surface area (Å²) < 4.78 is 0. The minimum Gasteiger partial charge on any atom is -0.341 e. The summed E-state index contributed by atoms with van der Waals surface area (Å²) in [5.41, 5.74) is 0. The van der Waals surface area contributed by atoms with Crippen LogP contribution < -0.4 is 5.32 Å². The standard InChI is InChI=1S/C17H34N2O/c1-4-7-15-9-10-17(20)19(13-11-15)14-16(8-5-2)18-12-6-3/h15-16,18H,4-14H2,1-3H3. The molecular weight excluding hydrogens is 248 g/mol. The molecule has 1 fully saturated rings. The van der Waals surface area contributed by atoms with Gasteiger partial charge in [-0.25, -0.2) is 0 Å². The van der Waals surface area contributed by atoms with E-state index >= 15 is 0 Å². The van der Waals surface area contributed by atoms with Crippen LogP contribution in [-0.2, 0) is 4.79 Å². The molecule has 0 aromatic rings. The third-order valence-corrected chi connectivity index (χ3v) is 4.38. The summed E-state index contributed by atoms with van der Waals surface area (Å²) in [7, 11) is 0. The van der Waals surface area contributed by atoms with Gasteiger partial charge in [0.2, 0.25) is 5.91 Å². The maximum atomic E-state index is 12.3. The van der Waals surface area contributed by atoms with Crippen molar-refractivity contribution in [3.63, 3.8) is 0 Å². The van der Waals surface area contributed by atoms with E-state index in [2.05, 4.69) is 31.0 Å². The van der Waals surface area contributed by atoms with Gasteiger partial charge in [0.05, 0.1) is 0 Å². The zero-order chi connectivity index (χ0) is 14.8. The number of likely N-dealkylation sites (tertiary alicyclic amines) is 1. The molecule has 1 saturated heterocycles. The van der Waals surface area contributed by atoms with Gasteiger partial charge in [-0.15, -0.1) is 0 Å². The van der Waals surface area contributed by atoms with Gasteiger partial charge in [-0.1, -0.05) is 40.0 Å². The van der Waals surface area contributed by atoms with Gasteiger partial charge in [0, 0.05) is 25.6 Å². The SMILES string of the molecule is CCCNC(CCC)CN1CCC(CCC)CCC1=O. The maximum Gasteiger partial charge on any atom is 0.222 e. The second kappa shape index (κ2) is 10.2. The van der Waals surface area contributed by atoms with Crippen LogP contribution in [0.15, 0.2) is 0 Å². The van der Waals surface area contributed by atoms with Crippen LogP contribution in [0.3, 0.4) is 0 Å². The highest BCUT2D eigenvalue weighted by Crippen LogP contribution is 2.22. The van der Waals surface area contributed by atoms with E-state index in [-0.39, 0.29) is 0 Å². The van der Waals surface area contributed by atoms with E-state index in [1.807, 2.05) is 0 Å². The monoisotopic (exact) mass is 282 g/mol. The molecule has 118 valence electrons. The van der Waals surface area contributed by atoms with Crippen molar-refractivity contribution in [3.05, 3.63) is 0 Å². The van der Waals surface area contributed by atoms with Crippen molar-refractivity contribution in [2.45, 2.75) is 78.2 Å². The highest BCUT2D eigenvalue weighted by atomic mass is 16.2. The first-order chi connectivity index (χ1) is 9.71. The zero-order valence-electron chi connectivity index (χ0n) is 13.8. The Kier molecular flexibility index (Phi) is 8.92. The van der Waals surface area contributed by atoms with Gasteiger partial charge in [-0.2, -0.15) is 0 Å². The van der Waals surface area contributed by atoms with E-state index in [0.29, 0.717) is 11.9 Å². The molecular formula is C17H34N2O. The molecule has 2 unspecified atom stereocenters. The van der Waals surface area contributed by atoms with Crippen LogP contribution in [0, 0.1) is 5.92 Å². The molecule has 1 N–H and O–H groups in total. The second-order valence-electron chi connectivity index (χ2n) is 6.26. The first-order valence-electron chi connectivity index (χ1n) is 8.72. The smallest absolute Gasteiger partial charge is 0.222 e. The summed E-state index contributed by atoms with van der Waals surface area (Å²) in [6.07, 6.45) is 9.10. The van der Waals surface area contributed by atoms with E-state index in [1.54, 1.807) is 0 Å². The fourth-order valence-electron chi connectivity index (χ4n) is 3.20. The molecule has 0 aliphatic carbocycles. The Bertz CT molecular complexity index is 268. The Labute approximate surface area is 125 Å². The summed E-state index contributed by atoms with van der Waals surface area (Å²) in [4.78, 5) is 14.4. The average molecular weight is 282 g/mol. The van der Waals surface area contributed by atoms with Gasteiger partial charge in [-0.05, 0) is 38.1 Å². The van der Waals surface area contributed by atoms with Crippen molar-refractivity contribution in [3.8, 4) is 0 Å². The number of carbonyl (C=O) groups is 1. The molecule has 20 heavy (non-hydrogen) atoms. The summed E-state index contributed by atoms with van der Waals surface area (Å²) in [6, 6.07) is 0.478. The minimum absolute atomic E-state index is 0.378. The van der Waals surface area contributed by atoms with Gasteiger partial charge < -0.3 is 10.2 Å². The van der Waals surface area contributed by atoms with Crippen LogP contribution in [0.4, 0.5) is 0 Å². The summed E-state index contributed by atoms with van der Waals surface area (Å²) in [5, 5.41) is 3.60. The molecule has 1 amide bonds. The van der Waals surface area contributed by atoms with Crippen LogP contribution in [-0.4, -0.2) is 36.5 Å². The number of carbonyl (C=O) groups excluding carboxylic acids is 1. The predicted octanol–water partition coefficient (Wildman–Crippen LogP) is 3.58. The van der Waals surface area contributed by atoms with Crippen molar-refractivity contribution in [1.29, 1.82) is 0 Å². The summed E-state index contributed by atoms with van der Waals surface area (Å²) >= 11 is 0. The lowest BCUT2D eigenvalue weighted by atomic mass is 9.96. The van der Waals surface area contributed by atoms with Gasteiger partial charge >= 0.3 is 0 Å². The van der Waals surface area contributed by atoms with Crippen LogP contribution in [0.5, 0.6) is 0 Å². The quantitative estimate of drug-likeness (QED) is 0.701. The zero-order valence-corrected chi connectivity index (χ0v) is 13.8. The average Bonchev–Trinajstić information content (AvgIpc) is 2.61. The van der Waals surface area contributed by atoms with Crippen LogP contribution in [0.2, 0.25) is 0 Å². The van der Waals surface area contributed by atoms with Gasteiger partial charge in [0.25, 0.3) is 0 Å². The van der Waals surface area contributed by atoms with Gasteiger partial charge in [0.15, 0.2) is 0 Å². The highest BCUT2D eigenvalue weighted by Gasteiger charge is 2.23. The third-order valence-electron chi connectivity index (χ3n) is 4.38. The Hall–Kier alpha value is -0.570. The second-order valence-corrected chi connectivity index (χ2v) is 6.26. The van der Waals surface area contributed by atoms with Crippen molar-refractivity contribution in [1.82, 2.24) is 10.2 Å². The first-order valence-corrected chi connectivity index (χ1v) is 8.72. The molecule has 0 aromatic heterocycles.